The summed E-state index contributed by atoms with van der Waals surface area (Å²) in [6.07, 6.45) is 1.54. The smallest absolute Gasteiger partial charge is 0.123 e. The molecule has 2 aromatic carbocycles. The maximum Gasteiger partial charge on any atom is 0.123 e. The van der Waals surface area contributed by atoms with E-state index >= 15 is 0 Å². The summed E-state index contributed by atoms with van der Waals surface area (Å²) in [5.74, 6) is -0.297. The lowest BCUT2D eigenvalue weighted by Gasteiger charge is -2.08. The minimum absolute atomic E-state index is 0.297. The molecule has 1 nitrogen and oxygen atoms in total. The molecule has 1 N–H and O–H groups in total. The highest BCUT2D eigenvalue weighted by atomic mass is 35.5. The van der Waals surface area contributed by atoms with Crippen LogP contribution in [0.1, 0.15) is 11.1 Å². The van der Waals surface area contributed by atoms with E-state index in [0.717, 1.165) is 17.4 Å². The van der Waals surface area contributed by atoms with Gasteiger partial charge in [-0.3, -0.25) is 0 Å². The van der Waals surface area contributed by atoms with Crippen LogP contribution in [0.4, 0.5) is 4.39 Å². The summed E-state index contributed by atoms with van der Waals surface area (Å²) in [5, 5.41) is 9.95. The Morgan fingerprint density at radius 3 is 2.39 bits per heavy atom. The predicted octanol–water partition coefficient (Wildman–Crippen LogP) is 4.62. The molecule has 0 aliphatic carbocycles. The number of allylic oxidation sites excluding steroid dienone is 1. The minimum atomic E-state index is -0.297. The zero-order valence-corrected chi connectivity index (χ0v) is 10.4. The van der Waals surface area contributed by atoms with Crippen LogP contribution in [0.25, 0.3) is 5.57 Å². The number of benzene rings is 2. The van der Waals surface area contributed by atoms with Gasteiger partial charge in [0, 0.05) is 11.4 Å². The molecule has 0 spiro atoms. The molecule has 2 aromatic rings. The molecule has 0 aromatic heterocycles. The fraction of sp³-hybridized carbons (Fsp3) is 0.0667. The van der Waals surface area contributed by atoms with Crippen molar-refractivity contribution in [3.63, 3.8) is 0 Å². The first kappa shape index (κ1) is 12.7. The van der Waals surface area contributed by atoms with Crippen molar-refractivity contribution in [3.8, 4) is 0 Å². The van der Waals surface area contributed by atoms with Crippen molar-refractivity contribution in [2.45, 2.75) is 6.42 Å². The van der Waals surface area contributed by atoms with Crippen molar-refractivity contribution in [1.82, 2.24) is 0 Å². The fourth-order valence-corrected chi connectivity index (χ4v) is 1.94. The molecule has 0 saturated carbocycles. The van der Waals surface area contributed by atoms with E-state index in [0.29, 0.717) is 17.0 Å². The van der Waals surface area contributed by atoms with E-state index in [1.807, 2.05) is 18.2 Å². The van der Waals surface area contributed by atoms with E-state index in [-0.39, 0.29) is 5.82 Å². The van der Waals surface area contributed by atoms with Gasteiger partial charge in [0.25, 0.3) is 0 Å². The van der Waals surface area contributed by atoms with E-state index in [1.165, 1.54) is 12.1 Å². The van der Waals surface area contributed by atoms with Crippen LogP contribution in [0, 0.1) is 5.82 Å². The molecule has 0 amide bonds. The zero-order chi connectivity index (χ0) is 13.0. The number of aliphatic hydroxyl groups excluding tert-OH is 1. The lowest BCUT2D eigenvalue weighted by molar-refractivity contribution is 0.474. The summed E-state index contributed by atoms with van der Waals surface area (Å²) in [5.41, 5.74) is 2.39. The summed E-state index contributed by atoms with van der Waals surface area (Å²) in [7, 11) is 0. The van der Waals surface area contributed by atoms with Crippen LogP contribution in [0.15, 0.2) is 54.8 Å². The predicted molar refractivity (Wildman–Crippen MR) is 72.2 cm³/mol. The Balaban J connectivity index is 2.26. The SMILES string of the molecule is OC=C(Cc1ccccc1Cl)c1ccc(F)cc1. The lowest BCUT2D eigenvalue weighted by atomic mass is 9.99. The molecule has 0 bridgehead atoms. The first-order valence-corrected chi connectivity index (χ1v) is 5.91. The first-order chi connectivity index (χ1) is 8.70. The normalized spacial score (nSPS) is 11.6. The van der Waals surface area contributed by atoms with Crippen LogP contribution >= 0.6 is 11.6 Å². The van der Waals surface area contributed by atoms with Crippen LogP contribution < -0.4 is 0 Å². The van der Waals surface area contributed by atoms with Crippen molar-refractivity contribution in [2.75, 3.05) is 0 Å². The van der Waals surface area contributed by atoms with Crippen molar-refractivity contribution in [2.24, 2.45) is 0 Å². The Morgan fingerprint density at radius 2 is 1.78 bits per heavy atom. The van der Waals surface area contributed by atoms with Crippen LogP contribution in [-0.2, 0) is 6.42 Å². The highest BCUT2D eigenvalue weighted by Crippen LogP contribution is 2.24. The third-order valence-electron chi connectivity index (χ3n) is 2.71. The standard InChI is InChI=1S/C15H12ClFO/c16-15-4-2-1-3-12(15)9-13(10-18)11-5-7-14(17)8-6-11/h1-8,10,18H,9H2. The van der Waals surface area contributed by atoms with Crippen LogP contribution in [-0.4, -0.2) is 5.11 Å². The summed E-state index contributed by atoms with van der Waals surface area (Å²) < 4.78 is 12.8. The van der Waals surface area contributed by atoms with E-state index in [2.05, 4.69) is 0 Å². The zero-order valence-electron chi connectivity index (χ0n) is 9.61. The van der Waals surface area contributed by atoms with Gasteiger partial charge in [0.1, 0.15) is 5.82 Å². The first-order valence-electron chi connectivity index (χ1n) is 5.53. The van der Waals surface area contributed by atoms with Gasteiger partial charge in [0.15, 0.2) is 0 Å². The van der Waals surface area contributed by atoms with Crippen LogP contribution in [0.2, 0.25) is 5.02 Å². The quantitative estimate of drug-likeness (QED) is 0.800. The fourth-order valence-electron chi connectivity index (χ4n) is 1.73. The van der Waals surface area contributed by atoms with Gasteiger partial charge in [0.2, 0.25) is 0 Å². The number of hydrogen-bond acceptors (Lipinski definition) is 1. The Kier molecular flexibility index (Phi) is 4.00. The second kappa shape index (κ2) is 5.69. The summed E-state index contributed by atoms with van der Waals surface area (Å²) in [4.78, 5) is 0. The van der Waals surface area contributed by atoms with Crippen LogP contribution in [0.3, 0.4) is 0 Å². The van der Waals surface area contributed by atoms with E-state index in [9.17, 15) is 9.50 Å². The van der Waals surface area contributed by atoms with Gasteiger partial charge in [-0.15, -0.1) is 0 Å². The third-order valence-corrected chi connectivity index (χ3v) is 3.08. The molecule has 0 aliphatic heterocycles. The number of rotatable bonds is 3. The van der Waals surface area contributed by atoms with E-state index in [1.54, 1.807) is 18.2 Å². The van der Waals surface area contributed by atoms with Gasteiger partial charge in [-0.2, -0.15) is 0 Å². The Bertz CT molecular complexity index is 561. The van der Waals surface area contributed by atoms with Gasteiger partial charge in [-0.25, -0.2) is 4.39 Å². The second-order valence-corrected chi connectivity index (χ2v) is 4.34. The molecule has 0 aliphatic rings. The average molecular weight is 263 g/mol. The monoisotopic (exact) mass is 262 g/mol. The topological polar surface area (TPSA) is 20.2 Å². The maximum absolute atomic E-state index is 12.8. The Morgan fingerprint density at radius 1 is 1.11 bits per heavy atom. The van der Waals surface area contributed by atoms with Gasteiger partial charge in [-0.05, 0) is 34.9 Å². The van der Waals surface area contributed by atoms with Crippen molar-refractivity contribution >= 4 is 17.2 Å². The molecule has 18 heavy (non-hydrogen) atoms. The molecule has 0 radical (unpaired) electrons. The Hall–Kier alpha value is -1.80. The van der Waals surface area contributed by atoms with E-state index in [4.69, 9.17) is 11.6 Å². The number of aliphatic hydroxyl groups is 1. The molecular weight excluding hydrogens is 251 g/mol. The largest absolute Gasteiger partial charge is 0.515 e. The second-order valence-electron chi connectivity index (χ2n) is 3.93. The summed E-state index contributed by atoms with van der Waals surface area (Å²) >= 11 is 6.07. The van der Waals surface area contributed by atoms with Gasteiger partial charge < -0.3 is 5.11 Å². The van der Waals surface area contributed by atoms with Crippen molar-refractivity contribution in [1.29, 1.82) is 0 Å². The Labute approximate surface area is 110 Å². The van der Waals surface area contributed by atoms with Gasteiger partial charge >= 0.3 is 0 Å². The lowest BCUT2D eigenvalue weighted by Crippen LogP contribution is -1.92. The molecule has 0 unspecified atom stereocenters. The average Bonchev–Trinajstić information content (AvgIpc) is 2.39. The molecule has 0 saturated heterocycles. The molecule has 0 heterocycles. The molecule has 2 rings (SSSR count). The molecule has 92 valence electrons. The third kappa shape index (κ3) is 2.90. The van der Waals surface area contributed by atoms with Crippen molar-refractivity contribution < 1.29 is 9.50 Å². The minimum Gasteiger partial charge on any atom is -0.515 e. The van der Waals surface area contributed by atoms with Crippen molar-refractivity contribution in [3.05, 3.63) is 76.8 Å². The summed E-state index contributed by atoms with van der Waals surface area (Å²) in [6, 6.07) is 13.4. The number of halogens is 2. The molecule has 0 atom stereocenters. The highest BCUT2D eigenvalue weighted by molar-refractivity contribution is 6.31. The molecule has 0 fully saturated rings. The van der Waals surface area contributed by atoms with E-state index < -0.39 is 0 Å². The van der Waals surface area contributed by atoms with Gasteiger partial charge in [-0.1, -0.05) is 41.9 Å². The molecule has 3 heteroatoms. The summed E-state index contributed by atoms with van der Waals surface area (Å²) in [6.45, 7) is 0. The maximum atomic E-state index is 12.8. The van der Waals surface area contributed by atoms with Gasteiger partial charge in [0.05, 0.1) is 6.26 Å². The highest BCUT2D eigenvalue weighted by Gasteiger charge is 2.06. The van der Waals surface area contributed by atoms with Crippen LogP contribution in [0.5, 0.6) is 0 Å². The molecular formula is C15H12ClFO. The number of hydrogen-bond donors (Lipinski definition) is 1.